The number of rotatable bonds is 3. The molecule has 5 heteroatoms. The van der Waals surface area contributed by atoms with Gasteiger partial charge in [0, 0.05) is 12.2 Å². The van der Waals surface area contributed by atoms with Gasteiger partial charge in [-0.05, 0) is 18.2 Å². The van der Waals surface area contributed by atoms with Gasteiger partial charge in [0.05, 0.1) is 11.0 Å². The summed E-state index contributed by atoms with van der Waals surface area (Å²) in [5, 5.41) is 2.82. The summed E-state index contributed by atoms with van der Waals surface area (Å²) in [6.45, 7) is -0.158. The van der Waals surface area contributed by atoms with E-state index in [0.717, 1.165) is 11.0 Å². The molecule has 0 radical (unpaired) electrons. The van der Waals surface area contributed by atoms with Crippen LogP contribution in [0.1, 0.15) is 0 Å². The topological polar surface area (TPSA) is 66.7 Å². The highest BCUT2D eigenvalue weighted by atomic mass is 19.1. The Hall–Kier alpha value is -1.78. The van der Waals surface area contributed by atoms with E-state index in [1.807, 2.05) is 6.07 Å². The number of nitrogen functional groups attached to an aromatic ring is 1. The van der Waals surface area contributed by atoms with Gasteiger partial charge in [-0.3, -0.25) is 0 Å². The predicted octanol–water partition coefficient (Wildman–Crippen LogP) is 1.53. The van der Waals surface area contributed by atoms with Gasteiger partial charge in [-0.15, -0.1) is 0 Å². The lowest BCUT2D eigenvalue weighted by Crippen LogP contribution is -2.03. The van der Waals surface area contributed by atoms with Crippen molar-refractivity contribution in [3.63, 3.8) is 0 Å². The van der Waals surface area contributed by atoms with Gasteiger partial charge in [0.25, 0.3) is 0 Å². The molecular weight excluding hydrogens is 183 g/mol. The minimum Gasteiger partial charge on any atom is -0.399 e. The Bertz CT molecular complexity index is 437. The molecule has 0 aliphatic carbocycles. The van der Waals surface area contributed by atoms with E-state index >= 15 is 0 Å². The predicted molar refractivity (Wildman–Crippen MR) is 55.0 cm³/mol. The van der Waals surface area contributed by atoms with Gasteiger partial charge in [0.15, 0.2) is 0 Å². The highest BCUT2D eigenvalue weighted by Crippen LogP contribution is 2.16. The fourth-order valence-corrected chi connectivity index (χ4v) is 1.28. The van der Waals surface area contributed by atoms with Crippen LogP contribution >= 0.6 is 0 Å². The summed E-state index contributed by atoms with van der Waals surface area (Å²) in [5.41, 5.74) is 7.96. The molecule has 0 aliphatic heterocycles. The largest absolute Gasteiger partial charge is 0.399 e. The molecule has 0 fully saturated rings. The van der Waals surface area contributed by atoms with E-state index in [-0.39, 0.29) is 6.54 Å². The third-order valence-electron chi connectivity index (χ3n) is 1.89. The second-order valence-corrected chi connectivity index (χ2v) is 2.98. The van der Waals surface area contributed by atoms with Crippen LogP contribution in [0, 0.1) is 0 Å². The number of hydrogen-bond acceptors (Lipinski definition) is 3. The number of imidazole rings is 1. The molecule has 1 aromatic carbocycles. The second-order valence-electron chi connectivity index (χ2n) is 2.98. The van der Waals surface area contributed by atoms with E-state index in [9.17, 15) is 4.39 Å². The van der Waals surface area contributed by atoms with E-state index in [1.165, 1.54) is 0 Å². The fourth-order valence-electron chi connectivity index (χ4n) is 1.28. The van der Waals surface area contributed by atoms with Crippen LogP contribution in [0.2, 0.25) is 0 Å². The highest BCUT2D eigenvalue weighted by molar-refractivity contribution is 5.80. The molecule has 0 spiro atoms. The zero-order valence-electron chi connectivity index (χ0n) is 7.55. The summed E-state index contributed by atoms with van der Waals surface area (Å²) >= 11 is 0. The molecule has 0 atom stereocenters. The van der Waals surface area contributed by atoms with Gasteiger partial charge in [0.1, 0.15) is 6.67 Å². The summed E-state index contributed by atoms with van der Waals surface area (Å²) in [7, 11) is 0. The second kappa shape index (κ2) is 3.53. The van der Waals surface area contributed by atoms with Crippen molar-refractivity contribution >= 4 is 22.7 Å². The van der Waals surface area contributed by atoms with Gasteiger partial charge in [-0.1, -0.05) is 0 Å². The Labute approximate surface area is 80.3 Å². The number of nitrogens with two attached hydrogens (primary N) is 1. The van der Waals surface area contributed by atoms with Crippen molar-refractivity contribution in [2.24, 2.45) is 0 Å². The SMILES string of the molecule is Nc1ccc2nc(NCCF)[nH]c2c1. The Morgan fingerprint density at radius 1 is 1.50 bits per heavy atom. The summed E-state index contributed by atoms with van der Waals surface area (Å²) in [6.07, 6.45) is 0. The average molecular weight is 194 g/mol. The monoisotopic (exact) mass is 194 g/mol. The van der Waals surface area contributed by atoms with E-state index < -0.39 is 6.67 Å². The van der Waals surface area contributed by atoms with Crippen molar-refractivity contribution in [2.75, 3.05) is 24.3 Å². The van der Waals surface area contributed by atoms with Crippen LogP contribution in [0.4, 0.5) is 16.0 Å². The minimum absolute atomic E-state index is 0.259. The number of hydrogen-bond donors (Lipinski definition) is 3. The number of nitrogens with one attached hydrogen (secondary N) is 2. The number of H-pyrrole nitrogens is 1. The lowest BCUT2D eigenvalue weighted by molar-refractivity contribution is 0.512. The van der Waals surface area contributed by atoms with Crippen LogP contribution in [0.15, 0.2) is 18.2 Å². The molecule has 1 heterocycles. The van der Waals surface area contributed by atoms with Crippen molar-refractivity contribution in [2.45, 2.75) is 0 Å². The van der Waals surface area contributed by atoms with E-state index in [2.05, 4.69) is 15.3 Å². The normalized spacial score (nSPS) is 10.6. The molecule has 2 rings (SSSR count). The first kappa shape index (κ1) is 8.80. The number of anilines is 2. The first-order valence-electron chi connectivity index (χ1n) is 4.34. The molecule has 4 nitrogen and oxygen atoms in total. The summed E-state index contributed by atoms with van der Waals surface area (Å²) in [6, 6.07) is 5.40. The Morgan fingerprint density at radius 3 is 3.14 bits per heavy atom. The zero-order valence-corrected chi connectivity index (χ0v) is 7.55. The van der Waals surface area contributed by atoms with Crippen molar-refractivity contribution in [3.05, 3.63) is 18.2 Å². The average Bonchev–Trinajstić information content (AvgIpc) is 2.56. The molecule has 14 heavy (non-hydrogen) atoms. The molecule has 1 aromatic heterocycles. The minimum atomic E-state index is -0.417. The number of benzene rings is 1. The summed E-state index contributed by atoms with van der Waals surface area (Å²) in [4.78, 5) is 7.20. The van der Waals surface area contributed by atoms with Crippen LogP contribution < -0.4 is 11.1 Å². The maximum atomic E-state index is 11.9. The number of aromatic amines is 1. The zero-order chi connectivity index (χ0) is 9.97. The number of halogens is 1. The molecule has 0 aliphatic rings. The summed E-state index contributed by atoms with van der Waals surface area (Å²) in [5.74, 6) is 0.572. The van der Waals surface area contributed by atoms with Gasteiger partial charge in [-0.2, -0.15) is 0 Å². The van der Waals surface area contributed by atoms with Crippen LogP contribution in [0.5, 0.6) is 0 Å². The number of alkyl halides is 1. The standard InChI is InChI=1S/C9H11FN4/c10-3-4-12-9-13-7-2-1-6(11)5-8(7)14-9/h1-2,5H,3-4,11H2,(H2,12,13,14). The van der Waals surface area contributed by atoms with Crippen LogP contribution in [-0.4, -0.2) is 23.2 Å². The lowest BCUT2D eigenvalue weighted by atomic mass is 10.3. The third-order valence-corrected chi connectivity index (χ3v) is 1.89. The number of nitrogens with zero attached hydrogens (tertiary/aromatic N) is 1. The van der Waals surface area contributed by atoms with E-state index in [0.29, 0.717) is 11.6 Å². The van der Waals surface area contributed by atoms with E-state index in [4.69, 9.17) is 5.73 Å². The first-order chi connectivity index (χ1) is 6.79. The van der Waals surface area contributed by atoms with Crippen LogP contribution in [-0.2, 0) is 0 Å². The molecule has 0 amide bonds. The van der Waals surface area contributed by atoms with Crippen LogP contribution in [0.25, 0.3) is 11.0 Å². The van der Waals surface area contributed by atoms with E-state index in [1.54, 1.807) is 12.1 Å². The molecule has 0 unspecified atom stereocenters. The Balaban J connectivity index is 2.32. The molecule has 74 valence electrons. The molecule has 2 aromatic rings. The van der Waals surface area contributed by atoms with Gasteiger partial charge in [0.2, 0.25) is 5.95 Å². The molecule has 0 bridgehead atoms. The molecule has 0 saturated heterocycles. The van der Waals surface area contributed by atoms with Gasteiger partial charge in [-0.25, -0.2) is 9.37 Å². The van der Waals surface area contributed by atoms with Crippen molar-refractivity contribution in [3.8, 4) is 0 Å². The van der Waals surface area contributed by atoms with Crippen molar-refractivity contribution < 1.29 is 4.39 Å². The number of fused-ring (bicyclic) bond motifs is 1. The molecule has 0 saturated carbocycles. The summed E-state index contributed by atoms with van der Waals surface area (Å²) < 4.78 is 11.9. The Kier molecular flexibility index (Phi) is 2.22. The third kappa shape index (κ3) is 1.61. The maximum Gasteiger partial charge on any atom is 0.201 e. The first-order valence-corrected chi connectivity index (χ1v) is 4.34. The smallest absolute Gasteiger partial charge is 0.201 e. The van der Waals surface area contributed by atoms with Crippen LogP contribution in [0.3, 0.4) is 0 Å². The van der Waals surface area contributed by atoms with Crippen molar-refractivity contribution in [1.82, 2.24) is 9.97 Å². The van der Waals surface area contributed by atoms with Gasteiger partial charge >= 0.3 is 0 Å². The Morgan fingerprint density at radius 2 is 2.36 bits per heavy atom. The quantitative estimate of drug-likeness (QED) is 0.649. The fraction of sp³-hybridized carbons (Fsp3) is 0.222. The lowest BCUT2D eigenvalue weighted by Gasteiger charge is -1.95. The molecule has 4 N–H and O–H groups in total. The van der Waals surface area contributed by atoms with Crippen molar-refractivity contribution in [1.29, 1.82) is 0 Å². The number of aromatic nitrogens is 2. The van der Waals surface area contributed by atoms with Gasteiger partial charge < -0.3 is 16.0 Å². The molecular formula is C9H11FN4. The highest BCUT2D eigenvalue weighted by Gasteiger charge is 2.01. The maximum absolute atomic E-state index is 11.9.